The van der Waals surface area contributed by atoms with E-state index in [4.69, 9.17) is 0 Å². The van der Waals surface area contributed by atoms with Crippen LogP contribution in [0.15, 0.2) is 48.5 Å². The minimum absolute atomic E-state index is 0.0307. The molecule has 21 heavy (non-hydrogen) atoms. The van der Waals surface area contributed by atoms with Crippen LogP contribution in [0.25, 0.3) is 22.4 Å². The smallest absolute Gasteiger partial charge is 0.153 e. The van der Waals surface area contributed by atoms with Crippen LogP contribution in [0, 0.1) is 17.1 Å². The van der Waals surface area contributed by atoms with Crippen LogP contribution in [-0.4, -0.2) is 15.1 Å². The molecule has 0 atom stereocenters. The second-order valence-electron chi connectivity index (χ2n) is 4.45. The maximum Gasteiger partial charge on any atom is 0.153 e. The van der Waals surface area contributed by atoms with Crippen molar-refractivity contribution in [3.8, 4) is 6.07 Å². The highest BCUT2D eigenvalue weighted by molar-refractivity contribution is 5.94. The fourth-order valence-electron chi connectivity index (χ4n) is 2.07. The van der Waals surface area contributed by atoms with E-state index in [0.717, 1.165) is 11.6 Å². The van der Waals surface area contributed by atoms with Crippen molar-refractivity contribution in [2.24, 2.45) is 0 Å². The van der Waals surface area contributed by atoms with Crippen molar-refractivity contribution in [3.63, 3.8) is 0 Å². The third kappa shape index (κ3) is 2.35. The monoisotopic (exact) mass is 279 g/mol. The third-order valence-corrected chi connectivity index (χ3v) is 3.07. The normalized spacial score (nSPS) is 12.0. The molecule has 0 saturated carbocycles. The Morgan fingerprint density at radius 3 is 2.71 bits per heavy atom. The lowest BCUT2D eigenvalue weighted by Crippen LogP contribution is -1.93. The minimum Gasteiger partial charge on any atom is -0.506 e. The van der Waals surface area contributed by atoms with Crippen molar-refractivity contribution in [1.82, 2.24) is 9.97 Å². The maximum atomic E-state index is 13.2. The van der Waals surface area contributed by atoms with Crippen LogP contribution in [0.1, 0.15) is 11.4 Å². The molecular formula is C16H10FN3O. The number of para-hydroxylation sites is 2. The van der Waals surface area contributed by atoms with E-state index in [-0.39, 0.29) is 22.7 Å². The summed E-state index contributed by atoms with van der Waals surface area (Å²) in [5.74, 6) is -0.544. The predicted molar refractivity (Wildman–Crippen MR) is 77.5 cm³/mol. The number of hydrogen-bond acceptors (Lipinski definition) is 3. The number of aliphatic hydroxyl groups is 1. The molecule has 1 heterocycles. The van der Waals surface area contributed by atoms with Crippen LogP contribution in [0.5, 0.6) is 0 Å². The van der Waals surface area contributed by atoms with Gasteiger partial charge in [0.1, 0.15) is 23.2 Å². The zero-order valence-corrected chi connectivity index (χ0v) is 10.8. The first kappa shape index (κ1) is 12.9. The summed E-state index contributed by atoms with van der Waals surface area (Å²) >= 11 is 0. The number of allylic oxidation sites excluding steroid dienone is 1. The van der Waals surface area contributed by atoms with Gasteiger partial charge in [-0.05, 0) is 24.3 Å². The van der Waals surface area contributed by atoms with Gasteiger partial charge in [-0.3, -0.25) is 0 Å². The van der Waals surface area contributed by atoms with E-state index in [1.165, 1.54) is 18.2 Å². The zero-order chi connectivity index (χ0) is 14.8. The van der Waals surface area contributed by atoms with Gasteiger partial charge in [0.25, 0.3) is 0 Å². The molecular weight excluding hydrogens is 269 g/mol. The lowest BCUT2D eigenvalue weighted by Gasteiger charge is -2.02. The van der Waals surface area contributed by atoms with Gasteiger partial charge in [-0.2, -0.15) is 5.26 Å². The van der Waals surface area contributed by atoms with Crippen LogP contribution < -0.4 is 0 Å². The summed E-state index contributed by atoms with van der Waals surface area (Å²) in [6.45, 7) is 0. The van der Waals surface area contributed by atoms with Crippen LogP contribution in [0.3, 0.4) is 0 Å². The number of aromatic amines is 1. The molecule has 3 aromatic rings. The molecule has 0 saturated heterocycles. The molecule has 2 aromatic carbocycles. The van der Waals surface area contributed by atoms with Crippen molar-refractivity contribution in [3.05, 3.63) is 65.7 Å². The first-order valence-electron chi connectivity index (χ1n) is 6.23. The number of halogens is 1. The first-order chi connectivity index (χ1) is 10.2. The van der Waals surface area contributed by atoms with Crippen LogP contribution in [-0.2, 0) is 0 Å². The largest absolute Gasteiger partial charge is 0.506 e. The topological polar surface area (TPSA) is 72.7 Å². The third-order valence-electron chi connectivity index (χ3n) is 3.07. The number of fused-ring (bicyclic) bond motifs is 1. The van der Waals surface area contributed by atoms with Crippen molar-refractivity contribution in [2.45, 2.75) is 0 Å². The molecule has 3 rings (SSSR count). The lowest BCUT2D eigenvalue weighted by molar-refractivity contribution is 0.512. The SMILES string of the molecule is N#CC(=C(O)c1cccc(F)c1)c1nc2ccccc2[nH]1. The summed E-state index contributed by atoms with van der Waals surface area (Å²) in [4.78, 5) is 7.23. The van der Waals surface area contributed by atoms with Crippen molar-refractivity contribution < 1.29 is 9.50 Å². The summed E-state index contributed by atoms with van der Waals surface area (Å²) in [5, 5.41) is 19.5. The molecule has 0 spiro atoms. The van der Waals surface area contributed by atoms with Crippen LogP contribution in [0.2, 0.25) is 0 Å². The number of nitrogens with one attached hydrogen (secondary N) is 1. The number of H-pyrrole nitrogens is 1. The van der Waals surface area contributed by atoms with Gasteiger partial charge in [0, 0.05) is 5.56 Å². The molecule has 0 radical (unpaired) electrons. The number of nitriles is 1. The molecule has 1 aromatic heterocycles. The van der Waals surface area contributed by atoms with Gasteiger partial charge in [0.05, 0.1) is 11.0 Å². The number of nitrogens with zero attached hydrogens (tertiary/aromatic N) is 2. The summed E-state index contributed by atoms with van der Waals surface area (Å²) in [5.41, 5.74) is 1.64. The molecule has 0 bridgehead atoms. The summed E-state index contributed by atoms with van der Waals surface area (Å²) in [6, 6.07) is 14.6. The predicted octanol–water partition coefficient (Wildman–Crippen LogP) is 3.65. The van der Waals surface area contributed by atoms with E-state index in [0.29, 0.717) is 5.52 Å². The average molecular weight is 279 g/mol. The van der Waals surface area contributed by atoms with Gasteiger partial charge in [-0.15, -0.1) is 0 Å². The lowest BCUT2D eigenvalue weighted by atomic mass is 10.1. The number of hydrogen-bond donors (Lipinski definition) is 2. The van der Waals surface area contributed by atoms with Crippen molar-refractivity contribution in [1.29, 1.82) is 5.26 Å². The van der Waals surface area contributed by atoms with Crippen LogP contribution >= 0.6 is 0 Å². The zero-order valence-electron chi connectivity index (χ0n) is 10.8. The van der Waals surface area contributed by atoms with E-state index < -0.39 is 5.82 Å². The Bertz CT molecular complexity index is 857. The van der Waals surface area contributed by atoms with Crippen molar-refractivity contribution >= 4 is 22.4 Å². The van der Waals surface area contributed by atoms with Gasteiger partial charge in [-0.1, -0.05) is 24.3 Å². The van der Waals surface area contributed by atoms with E-state index >= 15 is 0 Å². The van der Waals surface area contributed by atoms with Gasteiger partial charge in [-0.25, -0.2) is 9.37 Å². The van der Waals surface area contributed by atoms with E-state index in [1.807, 2.05) is 24.3 Å². The molecule has 0 fully saturated rings. The quantitative estimate of drug-likeness (QED) is 0.555. The standard InChI is InChI=1S/C16H10FN3O/c17-11-5-3-4-10(8-11)15(21)12(9-18)16-19-13-6-1-2-7-14(13)20-16/h1-8,21H,(H,19,20). The summed E-state index contributed by atoms with van der Waals surface area (Å²) in [6.07, 6.45) is 0. The highest BCUT2D eigenvalue weighted by Gasteiger charge is 2.14. The Kier molecular flexibility index (Phi) is 3.13. The van der Waals surface area contributed by atoms with E-state index in [2.05, 4.69) is 9.97 Å². The van der Waals surface area contributed by atoms with E-state index in [9.17, 15) is 14.8 Å². The van der Waals surface area contributed by atoms with Gasteiger partial charge in [0.2, 0.25) is 0 Å². The number of aromatic nitrogens is 2. The Morgan fingerprint density at radius 1 is 1.19 bits per heavy atom. The minimum atomic E-state index is -0.485. The number of rotatable bonds is 2. The Balaban J connectivity index is 2.17. The average Bonchev–Trinajstić information content (AvgIpc) is 2.91. The Hall–Kier alpha value is -3.13. The molecule has 0 amide bonds. The van der Waals surface area contributed by atoms with Gasteiger partial charge < -0.3 is 10.1 Å². The fraction of sp³-hybridized carbons (Fsp3) is 0. The van der Waals surface area contributed by atoms with Gasteiger partial charge in [0.15, 0.2) is 5.82 Å². The Morgan fingerprint density at radius 2 is 2.00 bits per heavy atom. The second kappa shape index (κ2) is 5.10. The summed E-state index contributed by atoms with van der Waals surface area (Å²) < 4.78 is 13.2. The molecule has 5 heteroatoms. The number of aliphatic hydroxyl groups excluding tert-OH is 1. The van der Waals surface area contributed by atoms with Gasteiger partial charge >= 0.3 is 0 Å². The fourth-order valence-corrected chi connectivity index (χ4v) is 2.07. The number of benzene rings is 2. The molecule has 2 N–H and O–H groups in total. The first-order valence-corrected chi connectivity index (χ1v) is 6.23. The summed E-state index contributed by atoms with van der Waals surface area (Å²) in [7, 11) is 0. The molecule has 0 aliphatic carbocycles. The highest BCUT2D eigenvalue weighted by atomic mass is 19.1. The molecule has 0 aliphatic rings. The van der Waals surface area contributed by atoms with Crippen molar-refractivity contribution in [2.75, 3.05) is 0 Å². The molecule has 0 unspecified atom stereocenters. The maximum absolute atomic E-state index is 13.2. The second-order valence-corrected chi connectivity index (χ2v) is 4.45. The number of imidazole rings is 1. The molecule has 102 valence electrons. The molecule has 4 nitrogen and oxygen atoms in total. The molecule has 0 aliphatic heterocycles. The van der Waals surface area contributed by atoms with E-state index in [1.54, 1.807) is 6.07 Å². The Labute approximate surface area is 119 Å². The van der Waals surface area contributed by atoms with Crippen LogP contribution in [0.4, 0.5) is 4.39 Å². The highest BCUT2D eigenvalue weighted by Crippen LogP contribution is 2.24.